The molecule has 0 aliphatic rings. The van der Waals surface area contributed by atoms with E-state index in [1.807, 2.05) is 0 Å². The summed E-state index contributed by atoms with van der Waals surface area (Å²) in [6, 6.07) is 0. The maximum Gasteiger partial charge on any atom is 0.472 e. The van der Waals surface area contributed by atoms with Crippen LogP contribution in [0.2, 0.25) is 0 Å². The van der Waals surface area contributed by atoms with Gasteiger partial charge in [0.05, 0.1) is 26.4 Å². The molecule has 0 aliphatic heterocycles. The molecule has 19 heteroatoms. The summed E-state index contributed by atoms with van der Waals surface area (Å²) in [4.78, 5) is 72.9. The summed E-state index contributed by atoms with van der Waals surface area (Å²) in [5, 5.41) is 10.6. The summed E-state index contributed by atoms with van der Waals surface area (Å²) in [5.74, 6) is -1.30. The summed E-state index contributed by atoms with van der Waals surface area (Å²) >= 11 is 0. The highest BCUT2D eigenvalue weighted by atomic mass is 31.2. The molecular formula is C79H154O17P2. The molecule has 0 rings (SSSR count). The van der Waals surface area contributed by atoms with Gasteiger partial charge in [0.25, 0.3) is 0 Å². The van der Waals surface area contributed by atoms with Gasteiger partial charge in [-0.15, -0.1) is 0 Å². The van der Waals surface area contributed by atoms with Crippen molar-refractivity contribution in [3.8, 4) is 0 Å². The van der Waals surface area contributed by atoms with Crippen LogP contribution in [0.1, 0.15) is 420 Å². The van der Waals surface area contributed by atoms with Gasteiger partial charge in [0.1, 0.15) is 19.3 Å². The van der Waals surface area contributed by atoms with Gasteiger partial charge in [-0.3, -0.25) is 37.3 Å². The topological polar surface area (TPSA) is 237 Å². The number of carbonyl (C=O) groups excluding carboxylic acids is 4. The summed E-state index contributed by atoms with van der Waals surface area (Å²) in [6.45, 7) is 7.33. The van der Waals surface area contributed by atoms with Gasteiger partial charge in [0, 0.05) is 25.7 Å². The Labute approximate surface area is 600 Å². The van der Waals surface area contributed by atoms with Crippen molar-refractivity contribution < 1.29 is 80.2 Å². The fourth-order valence-electron chi connectivity index (χ4n) is 12.2. The van der Waals surface area contributed by atoms with Crippen molar-refractivity contribution >= 4 is 39.5 Å². The third kappa shape index (κ3) is 71.1. The number of aliphatic hydroxyl groups excluding tert-OH is 1. The van der Waals surface area contributed by atoms with Crippen molar-refractivity contribution in [2.24, 2.45) is 5.92 Å². The van der Waals surface area contributed by atoms with Crippen LogP contribution in [0.4, 0.5) is 0 Å². The number of phosphoric acid groups is 2. The molecule has 6 atom stereocenters. The first-order chi connectivity index (χ1) is 47.6. The highest BCUT2D eigenvalue weighted by Crippen LogP contribution is 2.45. The van der Waals surface area contributed by atoms with Crippen molar-refractivity contribution in [2.75, 3.05) is 39.6 Å². The molecule has 0 saturated heterocycles. The first kappa shape index (κ1) is 96.1. The lowest BCUT2D eigenvalue weighted by Gasteiger charge is -2.21. The SMILES string of the molecule is CCCCCCCCCCCCCCCCCCCCCCCC(=O)O[C@H](COC(=O)CCCCCCCCCCCCC(C)CC)COP(=O)(O)OC[C@@H](O)COP(=O)(O)OC[C@@H](COC(=O)CCCCCCCCCCC)OC(=O)CCCCCCCCCCCCCCCC. The highest BCUT2D eigenvalue weighted by molar-refractivity contribution is 7.47. The maximum atomic E-state index is 13.1. The van der Waals surface area contributed by atoms with E-state index in [-0.39, 0.29) is 25.7 Å². The number of carbonyl (C=O) groups is 4. The normalized spacial score (nSPS) is 14.2. The van der Waals surface area contributed by atoms with E-state index in [1.165, 1.54) is 244 Å². The van der Waals surface area contributed by atoms with E-state index < -0.39 is 97.5 Å². The Morgan fingerprint density at radius 3 is 0.724 bits per heavy atom. The van der Waals surface area contributed by atoms with Crippen LogP contribution in [0.3, 0.4) is 0 Å². The van der Waals surface area contributed by atoms with Gasteiger partial charge in [-0.2, -0.15) is 0 Å². The molecule has 0 aromatic carbocycles. The van der Waals surface area contributed by atoms with Crippen LogP contribution in [0.15, 0.2) is 0 Å². The first-order valence-electron chi connectivity index (χ1n) is 41.2. The summed E-state index contributed by atoms with van der Waals surface area (Å²) in [5.41, 5.74) is 0. The minimum absolute atomic E-state index is 0.108. The third-order valence-electron chi connectivity index (χ3n) is 18.9. The molecule has 582 valence electrons. The molecule has 0 aromatic rings. The summed E-state index contributed by atoms with van der Waals surface area (Å²) < 4.78 is 68.6. The quantitative estimate of drug-likeness (QED) is 0.0222. The predicted octanol–water partition coefficient (Wildman–Crippen LogP) is 23.6. The zero-order chi connectivity index (χ0) is 71.9. The molecule has 98 heavy (non-hydrogen) atoms. The Kier molecular flexibility index (Phi) is 70.6. The van der Waals surface area contributed by atoms with E-state index in [1.54, 1.807) is 0 Å². The van der Waals surface area contributed by atoms with Crippen molar-refractivity contribution in [3.05, 3.63) is 0 Å². The van der Waals surface area contributed by atoms with Crippen molar-refractivity contribution in [2.45, 2.75) is 438 Å². The van der Waals surface area contributed by atoms with Crippen molar-refractivity contribution in [1.29, 1.82) is 0 Å². The second-order valence-electron chi connectivity index (χ2n) is 28.7. The van der Waals surface area contributed by atoms with E-state index >= 15 is 0 Å². The van der Waals surface area contributed by atoms with Gasteiger partial charge in [0.15, 0.2) is 12.2 Å². The third-order valence-corrected chi connectivity index (χ3v) is 20.8. The fourth-order valence-corrected chi connectivity index (χ4v) is 13.8. The molecule has 0 heterocycles. The number of aliphatic hydroxyl groups is 1. The summed E-state index contributed by atoms with van der Waals surface area (Å²) in [6.07, 6.45) is 62.4. The lowest BCUT2D eigenvalue weighted by Crippen LogP contribution is -2.30. The van der Waals surface area contributed by atoms with Gasteiger partial charge in [-0.05, 0) is 31.6 Å². The molecule has 0 saturated carbocycles. The van der Waals surface area contributed by atoms with E-state index in [2.05, 4.69) is 34.6 Å². The van der Waals surface area contributed by atoms with Gasteiger partial charge >= 0.3 is 39.5 Å². The van der Waals surface area contributed by atoms with Crippen molar-refractivity contribution in [1.82, 2.24) is 0 Å². The Bertz CT molecular complexity index is 1880. The molecule has 0 spiro atoms. The summed E-state index contributed by atoms with van der Waals surface area (Å²) in [7, 11) is -9.91. The molecular weight excluding hydrogens is 1280 g/mol. The van der Waals surface area contributed by atoms with Crippen LogP contribution in [0, 0.1) is 5.92 Å². The van der Waals surface area contributed by atoms with Gasteiger partial charge in [-0.1, -0.05) is 369 Å². The number of esters is 4. The minimum atomic E-state index is -4.96. The van der Waals surface area contributed by atoms with Crippen molar-refractivity contribution in [3.63, 3.8) is 0 Å². The number of rotatable bonds is 79. The molecule has 3 N–H and O–H groups in total. The second kappa shape index (κ2) is 72.0. The second-order valence-corrected chi connectivity index (χ2v) is 31.6. The standard InChI is InChI=1S/C79H154O17P2/c1-6-10-13-16-19-22-24-26-28-29-30-31-32-33-34-36-38-45-50-55-60-65-79(84)96-75(69-90-77(82)63-58-53-48-43-40-39-42-46-51-56-61-72(5)9-4)71-94-98(87,88)92-67-73(80)66-91-97(85,86)93-70-74(68-89-76(81)62-57-52-47-41-21-18-15-12-8-3)95-78(83)64-59-54-49-44-37-35-27-25-23-20-17-14-11-7-2/h72-75,80H,6-71H2,1-5H3,(H,85,86)(H,87,88)/t72?,73-,74+,75+/m0/s1. The average molecular weight is 1440 g/mol. The Morgan fingerprint density at radius 1 is 0.286 bits per heavy atom. The van der Waals surface area contributed by atoms with E-state index in [9.17, 15) is 43.2 Å². The molecule has 0 aliphatic carbocycles. The van der Waals surface area contributed by atoms with E-state index in [0.29, 0.717) is 25.7 Å². The molecule has 0 aromatic heterocycles. The largest absolute Gasteiger partial charge is 0.472 e. The van der Waals surface area contributed by atoms with E-state index in [4.69, 9.17) is 37.0 Å². The van der Waals surface area contributed by atoms with Crippen LogP contribution in [0.25, 0.3) is 0 Å². The number of unbranched alkanes of at least 4 members (excludes halogenated alkanes) is 50. The molecule has 17 nitrogen and oxygen atoms in total. The van der Waals surface area contributed by atoms with Crippen LogP contribution >= 0.6 is 15.6 Å². The molecule has 0 fully saturated rings. The highest BCUT2D eigenvalue weighted by Gasteiger charge is 2.30. The number of hydrogen-bond donors (Lipinski definition) is 3. The van der Waals surface area contributed by atoms with Gasteiger partial charge < -0.3 is 33.8 Å². The first-order valence-corrected chi connectivity index (χ1v) is 44.2. The smallest absolute Gasteiger partial charge is 0.462 e. The molecule has 0 amide bonds. The molecule has 0 radical (unpaired) electrons. The zero-order valence-electron chi connectivity index (χ0n) is 63.9. The number of phosphoric ester groups is 2. The van der Waals surface area contributed by atoms with Gasteiger partial charge in [0.2, 0.25) is 0 Å². The predicted molar refractivity (Wildman–Crippen MR) is 400 cm³/mol. The monoisotopic (exact) mass is 1440 g/mol. The number of ether oxygens (including phenoxy) is 4. The van der Waals surface area contributed by atoms with Crippen LogP contribution in [0.5, 0.6) is 0 Å². The lowest BCUT2D eigenvalue weighted by molar-refractivity contribution is -0.161. The Hall–Kier alpha value is -1.94. The average Bonchev–Trinajstić information content (AvgIpc) is 0.964. The minimum Gasteiger partial charge on any atom is -0.462 e. The maximum absolute atomic E-state index is 13.1. The Balaban J connectivity index is 5.20. The zero-order valence-corrected chi connectivity index (χ0v) is 65.7. The Morgan fingerprint density at radius 2 is 0.490 bits per heavy atom. The van der Waals surface area contributed by atoms with Crippen LogP contribution in [-0.2, 0) is 65.4 Å². The van der Waals surface area contributed by atoms with Gasteiger partial charge in [-0.25, -0.2) is 9.13 Å². The number of hydrogen-bond acceptors (Lipinski definition) is 15. The van der Waals surface area contributed by atoms with E-state index in [0.717, 1.165) is 95.8 Å². The lowest BCUT2D eigenvalue weighted by atomic mass is 9.99. The van der Waals surface area contributed by atoms with Crippen LogP contribution < -0.4 is 0 Å². The van der Waals surface area contributed by atoms with Crippen LogP contribution in [-0.4, -0.2) is 96.7 Å². The molecule has 3 unspecified atom stereocenters. The molecule has 0 bridgehead atoms. The fraction of sp³-hybridized carbons (Fsp3) is 0.949.